The molecule has 0 aliphatic heterocycles. The molecule has 0 unspecified atom stereocenters. The van der Waals surface area contributed by atoms with Crippen LogP contribution in [0.5, 0.6) is 0 Å². The molecule has 0 bridgehead atoms. The number of hydrogen-bond acceptors (Lipinski definition) is 43. The topological polar surface area (TPSA) is 571 Å². The number of nitrogens with zero attached hydrogens (tertiary/aromatic N) is 9. The third-order valence-electron chi connectivity index (χ3n) is 17.4. The standard InChI is InChI=1S/C88H169N11O40/c89-97-94-9-18-107-24-30-113-36-42-119-48-54-125-60-66-131-72-78-134-75-69-128-63-57-122-51-45-116-39-33-110-27-21-104-12-1-3-85(101)5-14-137-81-88(93-84-100,82-138-15-6-86(102)4-2-13-105-22-28-111-34-40-117-46-52-123-58-64-129-70-76-135-79-73-132-67-61-126-55-49-120-43-37-114-31-25-108-19-10-95-98-90)83-139-16-7-87(103)92-8-17-106-23-29-112-35-41-118-47-53-124-59-65-130-71-77-136-80-74-133-68-62-127-56-50-121-44-38-115-32-26-109-20-11-96-99-91/h84H,1-83H2,(H,92,103)(H,93,100). The Labute approximate surface area is 820 Å². The quantitative estimate of drug-likeness (QED) is 0.0290. The molecule has 0 heterocycles. The van der Waals surface area contributed by atoms with Crippen LogP contribution in [-0.2, 0) is 190 Å². The van der Waals surface area contributed by atoms with Gasteiger partial charge in [-0.25, -0.2) is 0 Å². The molecule has 2 amide bonds. The molecular formula is C88H169N11O40. The van der Waals surface area contributed by atoms with Crippen molar-refractivity contribution >= 4 is 23.9 Å². The number of rotatable bonds is 127. The summed E-state index contributed by atoms with van der Waals surface area (Å²) in [6.07, 6.45) is 2.30. The Hall–Kier alpha value is -5.23. The van der Waals surface area contributed by atoms with Crippen molar-refractivity contribution in [2.75, 3.05) is 502 Å². The number of ether oxygens (including phenoxy) is 36. The van der Waals surface area contributed by atoms with Crippen LogP contribution in [-0.4, -0.2) is 531 Å². The Morgan fingerprint density at radius 3 is 0.532 bits per heavy atom. The fraction of sp³-hybridized carbons (Fsp3) is 0.955. The molecule has 0 spiro atoms. The van der Waals surface area contributed by atoms with E-state index in [2.05, 4.69) is 40.7 Å². The molecule has 51 heteroatoms. The van der Waals surface area contributed by atoms with Crippen LogP contribution in [0.2, 0.25) is 0 Å². The first-order chi connectivity index (χ1) is 68.9. The predicted molar refractivity (Wildman–Crippen MR) is 499 cm³/mol. The van der Waals surface area contributed by atoms with E-state index >= 15 is 0 Å². The van der Waals surface area contributed by atoms with Gasteiger partial charge in [-0.15, -0.1) is 0 Å². The lowest BCUT2D eigenvalue weighted by atomic mass is 10.0. The fourth-order valence-electron chi connectivity index (χ4n) is 10.4. The molecule has 0 aromatic carbocycles. The molecule has 0 aromatic rings. The second-order valence-corrected chi connectivity index (χ2v) is 28.7. The summed E-state index contributed by atoms with van der Waals surface area (Å²) in [4.78, 5) is 58.6. The van der Waals surface area contributed by atoms with Crippen LogP contribution in [0.1, 0.15) is 44.9 Å². The third kappa shape index (κ3) is 116. The Kier molecular flexibility index (Phi) is 117. The van der Waals surface area contributed by atoms with Gasteiger partial charge in [0.15, 0.2) is 0 Å². The molecule has 0 aromatic heterocycles. The average Bonchev–Trinajstić information content (AvgIpc) is 0.868. The van der Waals surface area contributed by atoms with Gasteiger partial charge in [-0.3, -0.25) is 19.2 Å². The number of carbonyl (C=O) groups is 4. The minimum atomic E-state index is -1.22. The van der Waals surface area contributed by atoms with Crippen LogP contribution in [0.3, 0.4) is 0 Å². The van der Waals surface area contributed by atoms with Crippen molar-refractivity contribution in [3.8, 4) is 0 Å². The number of hydrogen-bond donors (Lipinski definition) is 2. The molecule has 139 heavy (non-hydrogen) atoms. The number of amides is 2. The van der Waals surface area contributed by atoms with E-state index in [0.29, 0.717) is 468 Å². The second-order valence-electron chi connectivity index (χ2n) is 28.7. The third-order valence-corrected chi connectivity index (χ3v) is 17.4. The highest BCUT2D eigenvalue weighted by molar-refractivity contribution is 5.78. The van der Waals surface area contributed by atoms with E-state index in [-0.39, 0.29) is 102 Å². The zero-order chi connectivity index (χ0) is 99.7. The van der Waals surface area contributed by atoms with Gasteiger partial charge in [0.1, 0.15) is 17.1 Å². The summed E-state index contributed by atoms with van der Waals surface area (Å²) >= 11 is 0. The summed E-state index contributed by atoms with van der Waals surface area (Å²) in [6, 6.07) is 0. The van der Waals surface area contributed by atoms with Gasteiger partial charge in [0.2, 0.25) is 12.3 Å². The first-order valence-corrected chi connectivity index (χ1v) is 48.3. The maximum Gasteiger partial charge on any atom is 0.222 e. The minimum absolute atomic E-state index is 0.00193. The molecular weight excluding hydrogens is 1850 g/mol. The van der Waals surface area contributed by atoms with Gasteiger partial charge in [0, 0.05) is 86.2 Å². The van der Waals surface area contributed by atoms with Crippen LogP contribution in [0.25, 0.3) is 31.3 Å². The normalized spacial score (nSPS) is 11.9. The molecule has 0 saturated heterocycles. The van der Waals surface area contributed by atoms with Gasteiger partial charge in [0.25, 0.3) is 0 Å². The van der Waals surface area contributed by atoms with Crippen LogP contribution in [0.15, 0.2) is 15.3 Å². The molecule has 0 aliphatic carbocycles. The number of azide groups is 3. The van der Waals surface area contributed by atoms with Gasteiger partial charge in [-0.1, -0.05) is 15.3 Å². The number of carbonyl (C=O) groups excluding carboxylic acids is 4. The SMILES string of the molecule is [N-]=[N+]=NCCOCCOCCOCCOCCOCCOCCOCCOCCOCCOCCOCCCC(=O)CCOCC(COCCC(=O)CCCOCCOCCOCCOCCOCCOCCOCCOCCOCCOCCOCCN=[N+]=[N-])(COCCC(=O)NCCOCCOCCOCCOCCOCCOCCOCCOCCOCCOCCOCCN=[N+]=[N-])NC=O. The maximum absolute atomic E-state index is 12.9. The fourth-order valence-corrected chi connectivity index (χ4v) is 10.4. The van der Waals surface area contributed by atoms with Gasteiger partial charge >= 0.3 is 0 Å². The summed E-state index contributed by atoms with van der Waals surface area (Å²) in [6.45, 7) is 28.6. The predicted octanol–water partition coefficient (Wildman–Crippen LogP) is 2.98. The second kappa shape index (κ2) is 121. The van der Waals surface area contributed by atoms with E-state index in [9.17, 15) is 19.2 Å². The Morgan fingerprint density at radius 2 is 0.360 bits per heavy atom. The van der Waals surface area contributed by atoms with Crippen LogP contribution < -0.4 is 10.6 Å². The number of ketones is 2. The van der Waals surface area contributed by atoms with E-state index in [1.807, 2.05) is 0 Å². The Balaban J connectivity index is 4.37. The van der Waals surface area contributed by atoms with Crippen LogP contribution in [0, 0.1) is 0 Å². The van der Waals surface area contributed by atoms with E-state index in [1.165, 1.54) is 0 Å². The van der Waals surface area contributed by atoms with Crippen molar-refractivity contribution in [2.24, 2.45) is 15.3 Å². The van der Waals surface area contributed by atoms with Gasteiger partial charge in [-0.05, 0) is 29.4 Å². The summed E-state index contributed by atoms with van der Waals surface area (Å²) in [7, 11) is 0. The van der Waals surface area contributed by atoms with Crippen molar-refractivity contribution in [2.45, 2.75) is 50.5 Å². The average molecular weight is 2020 g/mol. The lowest BCUT2D eigenvalue weighted by Crippen LogP contribution is -2.56. The van der Waals surface area contributed by atoms with E-state index in [4.69, 9.17) is 187 Å². The molecule has 0 aliphatic rings. The highest BCUT2D eigenvalue weighted by Crippen LogP contribution is 2.12. The number of nitrogens with one attached hydrogen (secondary N) is 2. The van der Waals surface area contributed by atoms with E-state index in [1.54, 1.807) is 0 Å². The molecule has 816 valence electrons. The summed E-state index contributed by atoms with van der Waals surface area (Å²) in [5.74, 6) is -0.341. The first-order valence-electron chi connectivity index (χ1n) is 48.3. The monoisotopic (exact) mass is 2020 g/mol. The minimum Gasteiger partial charge on any atom is -0.379 e. The molecule has 0 radical (unpaired) electrons. The maximum atomic E-state index is 12.9. The van der Waals surface area contributed by atoms with Crippen molar-refractivity contribution < 1.29 is 190 Å². The molecule has 2 N–H and O–H groups in total. The van der Waals surface area contributed by atoms with Gasteiger partial charge in [0.05, 0.1) is 462 Å². The van der Waals surface area contributed by atoms with Gasteiger partial charge in [-0.2, -0.15) is 0 Å². The van der Waals surface area contributed by atoms with Crippen molar-refractivity contribution in [1.82, 2.24) is 10.6 Å². The highest BCUT2D eigenvalue weighted by atomic mass is 16.6. The van der Waals surface area contributed by atoms with Crippen molar-refractivity contribution in [3.63, 3.8) is 0 Å². The lowest BCUT2D eigenvalue weighted by Gasteiger charge is -2.32. The van der Waals surface area contributed by atoms with Crippen LogP contribution in [0.4, 0.5) is 0 Å². The first kappa shape index (κ1) is 134. The highest BCUT2D eigenvalue weighted by Gasteiger charge is 2.32. The molecule has 51 nitrogen and oxygen atoms in total. The zero-order valence-electron chi connectivity index (χ0n) is 82.6. The number of Topliss-reactive ketones (excluding diaryl/α,β-unsaturated/α-hetero) is 2. The van der Waals surface area contributed by atoms with Crippen LogP contribution >= 0.6 is 0 Å². The van der Waals surface area contributed by atoms with Crippen molar-refractivity contribution in [1.29, 1.82) is 0 Å². The molecule has 0 fully saturated rings. The zero-order valence-corrected chi connectivity index (χ0v) is 82.6. The molecule has 0 atom stereocenters. The summed E-state index contributed by atoms with van der Waals surface area (Å²) in [5.41, 5.74) is 23.4. The van der Waals surface area contributed by atoms with E-state index < -0.39 is 5.54 Å². The van der Waals surface area contributed by atoms with E-state index in [0.717, 1.165) is 0 Å². The lowest BCUT2D eigenvalue weighted by molar-refractivity contribution is -0.124. The summed E-state index contributed by atoms with van der Waals surface area (Å²) in [5, 5.41) is 15.7. The van der Waals surface area contributed by atoms with Crippen molar-refractivity contribution in [3.05, 3.63) is 31.3 Å². The smallest absolute Gasteiger partial charge is 0.222 e. The largest absolute Gasteiger partial charge is 0.379 e. The molecule has 0 rings (SSSR count). The van der Waals surface area contributed by atoms with Gasteiger partial charge < -0.3 is 181 Å². The summed E-state index contributed by atoms with van der Waals surface area (Å²) < 4.78 is 199. The Bertz CT molecular complexity index is 2410. The Morgan fingerprint density at radius 1 is 0.201 bits per heavy atom. The molecule has 0 saturated carbocycles.